The molecule has 0 aromatic heterocycles. The van der Waals surface area contributed by atoms with Gasteiger partial charge in [-0.25, -0.2) is 4.39 Å². The molecule has 0 heterocycles. The predicted octanol–water partition coefficient (Wildman–Crippen LogP) is 3.23. The van der Waals surface area contributed by atoms with Gasteiger partial charge in [-0.05, 0) is 43.0 Å². The van der Waals surface area contributed by atoms with Crippen molar-refractivity contribution in [1.29, 1.82) is 0 Å². The number of aryl methyl sites for hydroxylation is 1. The topological polar surface area (TPSA) is 17.1 Å². The normalized spacial score (nSPS) is 10.3. The zero-order chi connectivity index (χ0) is 10.7. The number of hydrogen-bond donors (Lipinski definition) is 0. The number of carbonyl (C=O) groups is 1. The quantitative estimate of drug-likeness (QED) is 0.706. The van der Waals surface area contributed by atoms with Gasteiger partial charge in [0, 0.05) is 6.42 Å². The summed E-state index contributed by atoms with van der Waals surface area (Å²) in [5.41, 5.74) is 2.59. The van der Waals surface area contributed by atoms with Crippen molar-refractivity contribution in [3.05, 3.63) is 33.6 Å². The molecule has 0 radical (unpaired) electrons. The summed E-state index contributed by atoms with van der Waals surface area (Å²) < 4.78 is 13.2. The summed E-state index contributed by atoms with van der Waals surface area (Å²) in [5, 5.41) is 0.148. The first-order valence-corrected chi connectivity index (χ1v) is 4.83. The maximum Gasteiger partial charge on any atom is 0.142 e. The van der Waals surface area contributed by atoms with Crippen LogP contribution in [0, 0.1) is 19.7 Å². The van der Waals surface area contributed by atoms with Crippen molar-refractivity contribution in [2.45, 2.75) is 26.7 Å². The van der Waals surface area contributed by atoms with Gasteiger partial charge in [0.2, 0.25) is 0 Å². The minimum atomic E-state index is -0.407. The molecule has 0 unspecified atom stereocenters. The van der Waals surface area contributed by atoms with Gasteiger partial charge in [0.25, 0.3) is 0 Å². The molecule has 0 aliphatic rings. The summed E-state index contributed by atoms with van der Waals surface area (Å²) in [6, 6.07) is 1.42. The lowest BCUT2D eigenvalue weighted by Crippen LogP contribution is -1.97. The Kier molecular flexibility index (Phi) is 3.64. The highest BCUT2D eigenvalue weighted by molar-refractivity contribution is 6.31. The van der Waals surface area contributed by atoms with Crippen molar-refractivity contribution in [3.8, 4) is 0 Å². The molecule has 1 rings (SSSR count). The lowest BCUT2D eigenvalue weighted by atomic mass is 9.99. The van der Waals surface area contributed by atoms with E-state index in [0.717, 1.165) is 23.0 Å². The van der Waals surface area contributed by atoms with E-state index in [1.807, 2.05) is 13.8 Å². The third-order valence-electron chi connectivity index (χ3n) is 2.37. The first-order chi connectivity index (χ1) is 6.57. The van der Waals surface area contributed by atoms with Crippen LogP contribution in [-0.2, 0) is 11.2 Å². The monoisotopic (exact) mass is 214 g/mol. The van der Waals surface area contributed by atoms with Crippen LogP contribution in [-0.4, -0.2) is 6.29 Å². The molecule has 0 aliphatic heterocycles. The molecule has 0 fully saturated rings. The number of aldehydes is 1. The third kappa shape index (κ3) is 2.13. The maximum atomic E-state index is 13.2. The fourth-order valence-corrected chi connectivity index (χ4v) is 1.70. The molecule has 0 bridgehead atoms. The van der Waals surface area contributed by atoms with Crippen LogP contribution < -0.4 is 0 Å². The van der Waals surface area contributed by atoms with E-state index in [4.69, 9.17) is 11.6 Å². The van der Waals surface area contributed by atoms with Gasteiger partial charge in [0.1, 0.15) is 12.1 Å². The van der Waals surface area contributed by atoms with Crippen molar-refractivity contribution >= 4 is 17.9 Å². The molecule has 76 valence electrons. The zero-order valence-electron chi connectivity index (χ0n) is 8.23. The highest BCUT2D eigenvalue weighted by Gasteiger charge is 2.11. The smallest absolute Gasteiger partial charge is 0.142 e. The molecule has 1 nitrogen and oxygen atoms in total. The number of hydrogen-bond acceptors (Lipinski definition) is 1. The first kappa shape index (κ1) is 11.2. The number of benzene rings is 1. The molecule has 14 heavy (non-hydrogen) atoms. The van der Waals surface area contributed by atoms with Gasteiger partial charge >= 0.3 is 0 Å². The standard InChI is InChI=1S/C11H12ClFO/c1-7-6-10(13)11(12)9(8(7)2)4-3-5-14/h5-6H,3-4H2,1-2H3. The highest BCUT2D eigenvalue weighted by Crippen LogP contribution is 2.26. The molecule has 0 N–H and O–H groups in total. The largest absolute Gasteiger partial charge is 0.303 e. The van der Waals surface area contributed by atoms with Gasteiger partial charge in [-0.1, -0.05) is 11.6 Å². The molecule has 0 amide bonds. The Balaban J connectivity index is 3.17. The summed E-state index contributed by atoms with van der Waals surface area (Å²) in [6.45, 7) is 3.72. The molecule has 0 aliphatic carbocycles. The zero-order valence-corrected chi connectivity index (χ0v) is 8.99. The fourth-order valence-electron chi connectivity index (χ4n) is 1.41. The van der Waals surface area contributed by atoms with E-state index in [1.54, 1.807) is 0 Å². The molecule has 1 aromatic rings. The summed E-state index contributed by atoms with van der Waals surface area (Å²) in [5.74, 6) is -0.407. The van der Waals surface area contributed by atoms with Crippen molar-refractivity contribution in [2.75, 3.05) is 0 Å². The number of rotatable bonds is 3. The second-order valence-electron chi connectivity index (χ2n) is 3.30. The summed E-state index contributed by atoms with van der Waals surface area (Å²) in [4.78, 5) is 10.2. The van der Waals surface area contributed by atoms with Crippen molar-refractivity contribution in [3.63, 3.8) is 0 Å². The molecule has 0 spiro atoms. The van der Waals surface area contributed by atoms with Crippen LogP contribution in [0.2, 0.25) is 5.02 Å². The molecular formula is C11H12ClFO. The van der Waals surface area contributed by atoms with Crippen LogP contribution in [0.15, 0.2) is 6.07 Å². The molecule has 0 saturated heterocycles. The SMILES string of the molecule is Cc1cc(F)c(Cl)c(CCC=O)c1C. The number of halogens is 2. The number of carbonyl (C=O) groups excluding carboxylic acids is 1. The van der Waals surface area contributed by atoms with Crippen LogP contribution in [0.4, 0.5) is 4.39 Å². The van der Waals surface area contributed by atoms with Crippen LogP contribution >= 0.6 is 11.6 Å². The molecule has 3 heteroatoms. The average Bonchev–Trinajstić information content (AvgIpc) is 2.15. The van der Waals surface area contributed by atoms with E-state index in [9.17, 15) is 9.18 Å². The predicted molar refractivity (Wildman–Crippen MR) is 55.3 cm³/mol. The van der Waals surface area contributed by atoms with E-state index < -0.39 is 5.82 Å². The van der Waals surface area contributed by atoms with Crippen molar-refractivity contribution < 1.29 is 9.18 Å². The van der Waals surface area contributed by atoms with E-state index in [-0.39, 0.29) is 5.02 Å². The minimum Gasteiger partial charge on any atom is -0.303 e. The van der Waals surface area contributed by atoms with E-state index in [2.05, 4.69) is 0 Å². The highest BCUT2D eigenvalue weighted by atomic mass is 35.5. The van der Waals surface area contributed by atoms with Gasteiger partial charge in [-0.3, -0.25) is 0 Å². The Morgan fingerprint density at radius 2 is 2.14 bits per heavy atom. The molecule has 1 aromatic carbocycles. The van der Waals surface area contributed by atoms with E-state index >= 15 is 0 Å². The van der Waals surface area contributed by atoms with E-state index in [1.165, 1.54) is 6.07 Å². The Morgan fingerprint density at radius 1 is 1.50 bits per heavy atom. The van der Waals surface area contributed by atoms with Crippen molar-refractivity contribution in [1.82, 2.24) is 0 Å². The van der Waals surface area contributed by atoms with Crippen molar-refractivity contribution in [2.24, 2.45) is 0 Å². The van der Waals surface area contributed by atoms with Gasteiger partial charge in [0.15, 0.2) is 0 Å². The molecular weight excluding hydrogens is 203 g/mol. The van der Waals surface area contributed by atoms with Crippen LogP contribution in [0.25, 0.3) is 0 Å². The Bertz CT molecular complexity index is 335. The van der Waals surface area contributed by atoms with Gasteiger partial charge < -0.3 is 4.79 Å². The van der Waals surface area contributed by atoms with Gasteiger partial charge in [-0.15, -0.1) is 0 Å². The minimum absolute atomic E-state index is 0.148. The Morgan fingerprint density at radius 3 is 2.71 bits per heavy atom. The second kappa shape index (κ2) is 4.56. The molecule has 0 saturated carbocycles. The van der Waals surface area contributed by atoms with Gasteiger partial charge in [-0.2, -0.15) is 0 Å². The summed E-state index contributed by atoms with van der Waals surface area (Å²) >= 11 is 5.82. The van der Waals surface area contributed by atoms with Gasteiger partial charge in [0.05, 0.1) is 5.02 Å². The van der Waals surface area contributed by atoms with E-state index in [0.29, 0.717) is 12.8 Å². The average molecular weight is 215 g/mol. The molecule has 0 atom stereocenters. The Hall–Kier alpha value is -0.890. The first-order valence-electron chi connectivity index (χ1n) is 4.45. The summed E-state index contributed by atoms with van der Waals surface area (Å²) in [7, 11) is 0. The maximum absolute atomic E-state index is 13.2. The summed E-state index contributed by atoms with van der Waals surface area (Å²) in [6.07, 6.45) is 1.70. The second-order valence-corrected chi connectivity index (χ2v) is 3.68. The lowest BCUT2D eigenvalue weighted by molar-refractivity contribution is -0.107. The van der Waals surface area contributed by atoms with Crippen LogP contribution in [0.1, 0.15) is 23.1 Å². The Labute approximate surface area is 87.9 Å². The fraction of sp³-hybridized carbons (Fsp3) is 0.364. The van der Waals surface area contributed by atoms with Crippen LogP contribution in [0.3, 0.4) is 0 Å². The lowest BCUT2D eigenvalue weighted by Gasteiger charge is -2.10. The van der Waals surface area contributed by atoms with Crippen LogP contribution in [0.5, 0.6) is 0 Å². The third-order valence-corrected chi connectivity index (χ3v) is 2.78.